The lowest BCUT2D eigenvalue weighted by atomic mass is 10.1. The average molecular weight is 414 g/mol. The topological polar surface area (TPSA) is 50.1 Å². The summed E-state index contributed by atoms with van der Waals surface area (Å²) in [7, 11) is 0. The number of aliphatic hydroxyl groups excluding tert-OH is 1. The molecular formula is C19H16ClF4N3O. The van der Waals surface area contributed by atoms with E-state index in [1.54, 1.807) is 30.0 Å². The Morgan fingerprint density at radius 3 is 2.68 bits per heavy atom. The molecule has 0 amide bonds. The molecule has 3 aromatic rings. The van der Waals surface area contributed by atoms with E-state index in [-0.39, 0.29) is 22.0 Å². The summed E-state index contributed by atoms with van der Waals surface area (Å²) in [4.78, 5) is 3.77. The van der Waals surface area contributed by atoms with Gasteiger partial charge in [0.25, 0.3) is 0 Å². The van der Waals surface area contributed by atoms with Crippen LogP contribution in [0.15, 0.2) is 48.9 Å². The van der Waals surface area contributed by atoms with Crippen LogP contribution in [0.1, 0.15) is 12.5 Å². The summed E-state index contributed by atoms with van der Waals surface area (Å²) in [5.74, 6) is -0.648. The maximum absolute atomic E-state index is 14.1. The van der Waals surface area contributed by atoms with Gasteiger partial charge in [0.15, 0.2) is 0 Å². The third kappa shape index (κ3) is 4.63. The normalized spacial score (nSPS) is 12.8. The zero-order valence-electron chi connectivity index (χ0n) is 14.6. The number of alkyl halides is 3. The Morgan fingerprint density at radius 1 is 1.25 bits per heavy atom. The molecule has 148 valence electrons. The summed E-state index contributed by atoms with van der Waals surface area (Å²) in [6.07, 6.45) is -1.41. The Kier molecular flexibility index (Phi) is 5.62. The van der Waals surface area contributed by atoms with Gasteiger partial charge >= 0.3 is 6.18 Å². The van der Waals surface area contributed by atoms with Crippen molar-refractivity contribution < 1.29 is 22.7 Å². The fourth-order valence-corrected chi connectivity index (χ4v) is 2.89. The molecule has 0 fully saturated rings. The van der Waals surface area contributed by atoms with Gasteiger partial charge < -0.3 is 15.0 Å². The quantitative estimate of drug-likeness (QED) is 0.544. The summed E-state index contributed by atoms with van der Waals surface area (Å²) in [6, 6.07) is 6.47. The van der Waals surface area contributed by atoms with Crippen molar-refractivity contribution in [2.45, 2.75) is 25.7 Å². The van der Waals surface area contributed by atoms with Crippen LogP contribution in [-0.2, 0) is 12.7 Å². The van der Waals surface area contributed by atoms with Crippen molar-refractivity contribution in [2.24, 2.45) is 0 Å². The molecule has 0 saturated heterocycles. The molecule has 0 aliphatic rings. The molecule has 0 saturated carbocycles. The summed E-state index contributed by atoms with van der Waals surface area (Å²) in [5, 5.41) is 12.4. The van der Waals surface area contributed by atoms with Crippen molar-refractivity contribution in [3.63, 3.8) is 0 Å². The number of hydrogen-bond acceptors (Lipinski definition) is 3. The van der Waals surface area contributed by atoms with E-state index in [4.69, 9.17) is 11.6 Å². The van der Waals surface area contributed by atoms with E-state index < -0.39 is 23.7 Å². The molecular weight excluding hydrogens is 398 g/mol. The number of halogens is 5. The Hall–Kier alpha value is -2.58. The van der Waals surface area contributed by atoms with Crippen LogP contribution < -0.4 is 5.32 Å². The van der Waals surface area contributed by atoms with Crippen molar-refractivity contribution in [3.05, 3.63) is 65.3 Å². The SMILES string of the molecule is C[C@H](O)Cn1ccc(Nc2cc(-c3cc(Cl)ccc3F)ncc2C(F)(F)F)c1. The van der Waals surface area contributed by atoms with E-state index in [9.17, 15) is 22.7 Å². The van der Waals surface area contributed by atoms with Crippen LogP contribution in [0.5, 0.6) is 0 Å². The van der Waals surface area contributed by atoms with Crippen LogP contribution in [0.2, 0.25) is 5.02 Å². The van der Waals surface area contributed by atoms with Crippen molar-refractivity contribution in [2.75, 3.05) is 5.32 Å². The van der Waals surface area contributed by atoms with Gasteiger partial charge in [-0.1, -0.05) is 11.6 Å². The summed E-state index contributed by atoms with van der Waals surface area (Å²) in [6.45, 7) is 1.90. The lowest BCUT2D eigenvalue weighted by Crippen LogP contribution is -2.10. The van der Waals surface area contributed by atoms with Crippen molar-refractivity contribution in [1.82, 2.24) is 9.55 Å². The van der Waals surface area contributed by atoms with Gasteiger partial charge in [0.1, 0.15) is 5.82 Å². The number of nitrogens with zero attached hydrogens (tertiary/aromatic N) is 2. The maximum Gasteiger partial charge on any atom is 0.419 e. The van der Waals surface area contributed by atoms with Crippen LogP contribution in [0, 0.1) is 5.82 Å². The Morgan fingerprint density at radius 2 is 2.00 bits per heavy atom. The maximum atomic E-state index is 14.1. The van der Waals surface area contributed by atoms with Crippen molar-refractivity contribution in [3.8, 4) is 11.3 Å². The molecule has 3 rings (SSSR count). The molecule has 0 aliphatic carbocycles. The number of pyridine rings is 1. The molecule has 0 spiro atoms. The second-order valence-corrected chi connectivity index (χ2v) is 6.74. The lowest BCUT2D eigenvalue weighted by molar-refractivity contribution is -0.137. The molecule has 9 heteroatoms. The number of aromatic nitrogens is 2. The number of hydrogen-bond donors (Lipinski definition) is 2. The molecule has 1 atom stereocenters. The van der Waals surface area contributed by atoms with Gasteiger partial charge in [-0.2, -0.15) is 13.2 Å². The van der Waals surface area contributed by atoms with Crippen LogP contribution >= 0.6 is 11.6 Å². The first-order valence-electron chi connectivity index (χ1n) is 8.27. The smallest absolute Gasteiger partial charge is 0.392 e. The highest BCUT2D eigenvalue weighted by Crippen LogP contribution is 2.38. The number of aliphatic hydroxyl groups is 1. The zero-order chi connectivity index (χ0) is 20.5. The fraction of sp³-hybridized carbons (Fsp3) is 0.211. The molecule has 0 bridgehead atoms. The first-order valence-corrected chi connectivity index (χ1v) is 8.65. The van der Waals surface area contributed by atoms with Crippen LogP contribution in [0.4, 0.5) is 28.9 Å². The third-order valence-electron chi connectivity index (χ3n) is 3.92. The Bertz CT molecular complexity index is 986. The summed E-state index contributed by atoms with van der Waals surface area (Å²) < 4.78 is 55.9. The number of anilines is 2. The predicted octanol–water partition coefficient (Wildman–Crippen LogP) is 5.49. The highest BCUT2D eigenvalue weighted by atomic mass is 35.5. The van der Waals surface area contributed by atoms with Crippen molar-refractivity contribution >= 4 is 23.0 Å². The molecule has 1 aromatic carbocycles. The minimum absolute atomic E-state index is 0.00375. The second kappa shape index (κ2) is 7.81. The van der Waals surface area contributed by atoms with Gasteiger partial charge in [0, 0.05) is 35.7 Å². The van der Waals surface area contributed by atoms with E-state index >= 15 is 0 Å². The number of benzene rings is 1. The van der Waals surface area contributed by atoms with Crippen LogP contribution in [-0.4, -0.2) is 20.8 Å². The molecule has 2 heterocycles. The predicted molar refractivity (Wildman–Crippen MR) is 99.0 cm³/mol. The van der Waals surface area contributed by atoms with E-state index in [2.05, 4.69) is 10.3 Å². The van der Waals surface area contributed by atoms with Crippen molar-refractivity contribution in [1.29, 1.82) is 0 Å². The molecule has 0 unspecified atom stereocenters. The first kappa shape index (κ1) is 20.2. The average Bonchev–Trinajstić information content (AvgIpc) is 3.02. The van der Waals surface area contributed by atoms with Gasteiger partial charge in [0.05, 0.1) is 28.7 Å². The number of nitrogens with one attached hydrogen (secondary N) is 1. The fourth-order valence-electron chi connectivity index (χ4n) is 2.71. The summed E-state index contributed by atoms with van der Waals surface area (Å²) in [5.41, 5.74) is -0.863. The standard InChI is InChI=1S/C19H16ClF4N3O/c1-11(28)9-27-5-4-13(10-27)26-18-7-17(25-8-15(18)19(22,23)24)14-6-12(20)2-3-16(14)21/h2-8,10-11,28H,9H2,1H3,(H,25,26)/t11-/m0/s1. The molecule has 28 heavy (non-hydrogen) atoms. The van der Waals surface area contributed by atoms with Gasteiger partial charge in [-0.15, -0.1) is 0 Å². The largest absolute Gasteiger partial charge is 0.419 e. The minimum atomic E-state index is -4.65. The zero-order valence-corrected chi connectivity index (χ0v) is 15.4. The molecule has 0 radical (unpaired) electrons. The van der Waals surface area contributed by atoms with Crippen LogP contribution in [0.25, 0.3) is 11.3 Å². The van der Waals surface area contributed by atoms with Gasteiger partial charge in [-0.3, -0.25) is 4.98 Å². The highest BCUT2D eigenvalue weighted by molar-refractivity contribution is 6.30. The lowest BCUT2D eigenvalue weighted by Gasteiger charge is -2.15. The Labute approximate surface area is 163 Å². The van der Waals surface area contributed by atoms with Gasteiger partial charge in [0.2, 0.25) is 0 Å². The summed E-state index contributed by atoms with van der Waals surface area (Å²) >= 11 is 5.87. The van der Waals surface area contributed by atoms with Gasteiger partial charge in [-0.05, 0) is 37.3 Å². The van der Waals surface area contributed by atoms with E-state index in [1.165, 1.54) is 12.1 Å². The second-order valence-electron chi connectivity index (χ2n) is 6.31. The third-order valence-corrected chi connectivity index (χ3v) is 4.15. The number of rotatable bonds is 5. The van der Waals surface area contributed by atoms with E-state index in [1.807, 2.05) is 0 Å². The minimum Gasteiger partial charge on any atom is -0.392 e. The van der Waals surface area contributed by atoms with E-state index in [0.717, 1.165) is 12.1 Å². The monoisotopic (exact) mass is 413 g/mol. The molecule has 2 aromatic heterocycles. The van der Waals surface area contributed by atoms with Gasteiger partial charge in [-0.25, -0.2) is 4.39 Å². The van der Waals surface area contributed by atoms with E-state index in [0.29, 0.717) is 18.4 Å². The van der Waals surface area contributed by atoms with Crippen LogP contribution in [0.3, 0.4) is 0 Å². The first-order chi connectivity index (χ1) is 13.1. The Balaban J connectivity index is 2.02. The molecule has 2 N–H and O–H groups in total. The highest BCUT2D eigenvalue weighted by Gasteiger charge is 2.34. The molecule has 0 aliphatic heterocycles. The molecule has 4 nitrogen and oxygen atoms in total.